The van der Waals surface area contributed by atoms with Crippen molar-refractivity contribution in [3.63, 3.8) is 0 Å². The molecule has 8 rings (SSSR count). The first kappa shape index (κ1) is 25.7. The fourth-order valence-corrected chi connectivity index (χ4v) is 5.96. The molecule has 0 aliphatic heterocycles. The molecular formula is C39H28N4O. The number of benzene rings is 6. The summed E-state index contributed by atoms with van der Waals surface area (Å²) in [5, 5.41) is 11.1. The average Bonchev–Trinajstić information content (AvgIpc) is 3.70. The number of fused-ring (bicyclic) bond motifs is 3. The Morgan fingerprint density at radius 2 is 1.05 bits per heavy atom. The molecule has 0 amide bonds. The van der Waals surface area contributed by atoms with E-state index in [-0.39, 0.29) is 0 Å². The second-order valence-corrected chi connectivity index (χ2v) is 10.9. The van der Waals surface area contributed by atoms with Crippen molar-refractivity contribution in [2.75, 3.05) is 4.90 Å². The first-order chi connectivity index (χ1) is 21.7. The molecule has 0 unspecified atom stereocenters. The topological polar surface area (TPSA) is 47.1 Å². The zero-order valence-corrected chi connectivity index (χ0v) is 24.1. The van der Waals surface area contributed by atoms with E-state index >= 15 is 0 Å². The van der Waals surface area contributed by atoms with E-state index < -0.39 is 0 Å². The minimum Gasteiger partial charge on any atom is -0.416 e. The summed E-state index contributed by atoms with van der Waals surface area (Å²) < 4.78 is 8.39. The molecule has 0 spiro atoms. The molecular weight excluding hydrogens is 540 g/mol. The van der Waals surface area contributed by atoms with Gasteiger partial charge in [0.25, 0.3) is 0 Å². The Morgan fingerprint density at radius 3 is 1.68 bits per heavy atom. The average molecular weight is 569 g/mol. The molecule has 0 N–H and O–H groups in total. The standard InChI is InChI=1S/C39H28N4O/c1-27-10-9-11-29(26-27)39-41-40-38(44-39)28-18-20-31(21-19-28)42(30-12-3-2-4-13-30)32-22-24-33(25-23-32)43-36-16-7-5-14-34(36)35-15-6-8-17-37(35)43/h2-26H,1H3. The fraction of sp³-hybridized carbons (Fsp3) is 0.0256. The zero-order valence-electron chi connectivity index (χ0n) is 24.1. The molecule has 0 saturated carbocycles. The molecule has 5 nitrogen and oxygen atoms in total. The molecule has 210 valence electrons. The third-order valence-electron chi connectivity index (χ3n) is 8.02. The summed E-state index contributed by atoms with van der Waals surface area (Å²) in [4.78, 5) is 2.26. The number of anilines is 3. The van der Waals surface area contributed by atoms with Crippen molar-refractivity contribution in [2.24, 2.45) is 0 Å². The Bertz CT molecular complexity index is 2180. The van der Waals surface area contributed by atoms with E-state index in [0.29, 0.717) is 11.8 Å². The molecule has 2 aromatic heterocycles. The van der Waals surface area contributed by atoms with Crippen LogP contribution < -0.4 is 4.90 Å². The highest BCUT2D eigenvalue weighted by Crippen LogP contribution is 2.37. The van der Waals surface area contributed by atoms with E-state index in [1.807, 2.05) is 36.4 Å². The van der Waals surface area contributed by atoms with Gasteiger partial charge >= 0.3 is 0 Å². The molecule has 0 radical (unpaired) electrons. The Kier molecular flexibility index (Phi) is 6.27. The summed E-state index contributed by atoms with van der Waals surface area (Å²) in [6.45, 7) is 2.05. The highest BCUT2D eigenvalue weighted by Gasteiger charge is 2.16. The minimum absolute atomic E-state index is 0.495. The van der Waals surface area contributed by atoms with Crippen LogP contribution in [0.1, 0.15) is 5.56 Å². The van der Waals surface area contributed by atoms with Gasteiger partial charge < -0.3 is 13.9 Å². The van der Waals surface area contributed by atoms with Crippen LogP contribution >= 0.6 is 0 Å². The lowest BCUT2D eigenvalue weighted by atomic mass is 10.1. The first-order valence-corrected chi connectivity index (χ1v) is 14.7. The van der Waals surface area contributed by atoms with E-state index in [4.69, 9.17) is 4.42 Å². The minimum atomic E-state index is 0.495. The summed E-state index contributed by atoms with van der Waals surface area (Å²) in [7, 11) is 0. The van der Waals surface area contributed by atoms with E-state index in [1.165, 1.54) is 21.8 Å². The molecule has 6 aromatic carbocycles. The molecule has 8 aromatic rings. The first-order valence-electron chi connectivity index (χ1n) is 14.7. The quantitative estimate of drug-likeness (QED) is 0.200. The largest absolute Gasteiger partial charge is 0.416 e. The Labute approximate surface area is 255 Å². The van der Waals surface area contributed by atoms with Gasteiger partial charge in [-0.2, -0.15) is 0 Å². The van der Waals surface area contributed by atoms with Gasteiger partial charge in [-0.15, -0.1) is 10.2 Å². The fourth-order valence-electron chi connectivity index (χ4n) is 5.96. The van der Waals surface area contributed by atoms with Crippen LogP contribution in [-0.4, -0.2) is 14.8 Å². The van der Waals surface area contributed by atoms with Gasteiger partial charge in [0.15, 0.2) is 0 Å². The number of para-hydroxylation sites is 3. The number of aromatic nitrogens is 3. The normalized spacial score (nSPS) is 11.3. The molecule has 0 aliphatic rings. The third kappa shape index (κ3) is 4.52. The smallest absolute Gasteiger partial charge is 0.248 e. The Hall–Kier alpha value is -5.94. The number of nitrogens with zero attached hydrogens (tertiary/aromatic N) is 4. The van der Waals surface area contributed by atoms with Crippen LogP contribution in [0.2, 0.25) is 0 Å². The monoisotopic (exact) mass is 568 g/mol. The lowest BCUT2D eigenvalue weighted by Gasteiger charge is -2.26. The van der Waals surface area contributed by atoms with E-state index in [2.05, 4.69) is 142 Å². The van der Waals surface area contributed by atoms with Crippen LogP contribution in [0.4, 0.5) is 17.1 Å². The summed E-state index contributed by atoms with van der Waals surface area (Å²) in [5.74, 6) is 1.01. The predicted octanol–water partition coefficient (Wildman–Crippen LogP) is 10.3. The van der Waals surface area contributed by atoms with Gasteiger partial charge in [0, 0.05) is 44.6 Å². The Balaban J connectivity index is 1.15. The van der Waals surface area contributed by atoms with Crippen molar-refractivity contribution in [1.29, 1.82) is 0 Å². The van der Waals surface area contributed by atoms with Gasteiger partial charge in [-0.25, -0.2) is 0 Å². The van der Waals surface area contributed by atoms with Crippen LogP contribution in [0.25, 0.3) is 50.4 Å². The lowest BCUT2D eigenvalue weighted by Crippen LogP contribution is -2.10. The molecule has 0 saturated heterocycles. The van der Waals surface area contributed by atoms with E-state index in [0.717, 1.165) is 39.4 Å². The second kappa shape index (κ2) is 10.7. The maximum atomic E-state index is 6.05. The van der Waals surface area contributed by atoms with Gasteiger partial charge in [0.1, 0.15) is 0 Å². The van der Waals surface area contributed by atoms with Crippen LogP contribution in [-0.2, 0) is 0 Å². The third-order valence-corrected chi connectivity index (χ3v) is 8.02. The molecule has 0 atom stereocenters. The molecule has 2 heterocycles. The molecule has 0 bridgehead atoms. The van der Waals surface area contributed by atoms with Crippen LogP contribution in [0, 0.1) is 6.92 Å². The summed E-state index contributed by atoms with van der Waals surface area (Å²) >= 11 is 0. The number of hydrogen-bond donors (Lipinski definition) is 0. The second-order valence-electron chi connectivity index (χ2n) is 10.9. The zero-order chi connectivity index (χ0) is 29.5. The van der Waals surface area contributed by atoms with E-state index in [1.54, 1.807) is 0 Å². The van der Waals surface area contributed by atoms with Crippen molar-refractivity contribution in [2.45, 2.75) is 6.92 Å². The lowest BCUT2D eigenvalue weighted by molar-refractivity contribution is 0.584. The van der Waals surface area contributed by atoms with Crippen molar-refractivity contribution in [3.05, 3.63) is 157 Å². The number of hydrogen-bond acceptors (Lipinski definition) is 4. The van der Waals surface area contributed by atoms with Crippen LogP contribution in [0.3, 0.4) is 0 Å². The molecule has 0 fully saturated rings. The van der Waals surface area contributed by atoms with Gasteiger partial charge in [0.05, 0.1) is 11.0 Å². The summed E-state index contributed by atoms with van der Waals surface area (Å²) in [6.07, 6.45) is 0. The number of rotatable bonds is 6. The van der Waals surface area contributed by atoms with Gasteiger partial charge in [-0.05, 0) is 91.9 Å². The van der Waals surface area contributed by atoms with Gasteiger partial charge in [-0.3, -0.25) is 0 Å². The predicted molar refractivity (Wildman–Crippen MR) is 179 cm³/mol. The van der Waals surface area contributed by atoms with Crippen molar-refractivity contribution < 1.29 is 4.42 Å². The van der Waals surface area contributed by atoms with Crippen molar-refractivity contribution >= 4 is 38.9 Å². The van der Waals surface area contributed by atoms with Crippen molar-refractivity contribution in [3.8, 4) is 28.6 Å². The molecule has 5 heteroatoms. The highest BCUT2D eigenvalue weighted by atomic mass is 16.4. The van der Waals surface area contributed by atoms with Crippen LogP contribution in [0.5, 0.6) is 0 Å². The van der Waals surface area contributed by atoms with Gasteiger partial charge in [0.2, 0.25) is 11.8 Å². The Morgan fingerprint density at radius 1 is 0.500 bits per heavy atom. The number of aryl methyl sites for hydroxylation is 1. The van der Waals surface area contributed by atoms with Crippen LogP contribution in [0.15, 0.2) is 156 Å². The van der Waals surface area contributed by atoms with E-state index in [9.17, 15) is 0 Å². The van der Waals surface area contributed by atoms with Crippen molar-refractivity contribution in [1.82, 2.24) is 14.8 Å². The van der Waals surface area contributed by atoms with Gasteiger partial charge in [-0.1, -0.05) is 72.3 Å². The maximum Gasteiger partial charge on any atom is 0.248 e. The maximum absolute atomic E-state index is 6.05. The highest BCUT2D eigenvalue weighted by molar-refractivity contribution is 6.09. The molecule has 0 aliphatic carbocycles. The summed E-state index contributed by atoms with van der Waals surface area (Å²) in [5.41, 5.74) is 9.62. The molecule has 44 heavy (non-hydrogen) atoms. The summed E-state index contributed by atoms with van der Waals surface area (Å²) in [6, 6.07) is 52.7. The SMILES string of the molecule is Cc1cccc(-c2nnc(-c3ccc(N(c4ccccc4)c4ccc(-n5c6ccccc6c6ccccc65)cc4)cc3)o2)c1.